The Morgan fingerprint density at radius 3 is 2.59 bits per heavy atom. The molecule has 0 amide bonds. The minimum absolute atomic E-state index is 0.219. The van der Waals surface area contributed by atoms with E-state index in [1.807, 2.05) is 0 Å². The van der Waals surface area contributed by atoms with Crippen LogP contribution in [0.25, 0.3) is 0 Å². The highest BCUT2D eigenvalue weighted by Crippen LogP contribution is 2.39. The van der Waals surface area contributed by atoms with Crippen LogP contribution >= 0.6 is 11.6 Å². The van der Waals surface area contributed by atoms with Gasteiger partial charge in [-0.25, -0.2) is 4.98 Å². The lowest BCUT2D eigenvalue weighted by Gasteiger charge is -2.09. The molecule has 10 heteroatoms. The standard InChI is InChI=1S/C7H4ClF3N2O4/c8-1-3-2-12-6(17-7(9,10)11)5(14)4(3)13(15)16/h2,14H,1H2. The Bertz CT molecular complexity index is 451. The van der Waals surface area contributed by atoms with Gasteiger partial charge in [0, 0.05) is 6.20 Å². The van der Waals surface area contributed by atoms with Gasteiger partial charge in [-0.1, -0.05) is 0 Å². The van der Waals surface area contributed by atoms with E-state index < -0.39 is 28.6 Å². The van der Waals surface area contributed by atoms with Crippen molar-refractivity contribution < 1.29 is 27.9 Å². The number of hydrogen-bond donors (Lipinski definition) is 1. The van der Waals surface area contributed by atoms with Crippen LogP contribution in [0.4, 0.5) is 18.9 Å². The smallest absolute Gasteiger partial charge is 0.498 e. The zero-order chi connectivity index (χ0) is 13.2. The van der Waals surface area contributed by atoms with Gasteiger partial charge in [-0.05, 0) is 0 Å². The van der Waals surface area contributed by atoms with Gasteiger partial charge >= 0.3 is 12.0 Å². The molecular weight excluding hydrogens is 269 g/mol. The molecule has 0 aliphatic heterocycles. The number of pyridine rings is 1. The lowest BCUT2D eigenvalue weighted by molar-refractivity contribution is -0.386. The molecule has 0 atom stereocenters. The maximum absolute atomic E-state index is 11.9. The highest BCUT2D eigenvalue weighted by Gasteiger charge is 2.35. The van der Waals surface area contributed by atoms with Crippen molar-refractivity contribution in [2.75, 3.05) is 0 Å². The van der Waals surface area contributed by atoms with E-state index in [4.69, 9.17) is 11.6 Å². The maximum atomic E-state index is 11.9. The fourth-order valence-corrected chi connectivity index (χ4v) is 1.19. The second-order valence-electron chi connectivity index (χ2n) is 2.72. The number of nitrogens with zero attached hydrogens (tertiary/aromatic N) is 2. The first-order valence-electron chi connectivity index (χ1n) is 3.93. The van der Waals surface area contributed by atoms with Crippen molar-refractivity contribution in [3.63, 3.8) is 0 Å². The molecule has 0 aliphatic rings. The average Bonchev–Trinajstić information content (AvgIpc) is 2.18. The normalized spacial score (nSPS) is 11.3. The maximum Gasteiger partial charge on any atom is 0.574 e. The third-order valence-corrected chi connectivity index (χ3v) is 1.90. The molecule has 0 fully saturated rings. The molecule has 94 valence electrons. The van der Waals surface area contributed by atoms with Gasteiger partial charge in [0.2, 0.25) is 0 Å². The largest absolute Gasteiger partial charge is 0.574 e. The van der Waals surface area contributed by atoms with Gasteiger partial charge in [0.15, 0.2) is 0 Å². The van der Waals surface area contributed by atoms with Crippen LogP contribution in [0.1, 0.15) is 5.56 Å². The quantitative estimate of drug-likeness (QED) is 0.518. The molecule has 0 aliphatic carbocycles. The SMILES string of the molecule is O=[N+]([O-])c1c(CCl)cnc(OC(F)(F)F)c1O. The van der Waals surface area contributed by atoms with Gasteiger partial charge < -0.3 is 9.84 Å². The van der Waals surface area contributed by atoms with Crippen LogP contribution in [0.5, 0.6) is 11.6 Å². The van der Waals surface area contributed by atoms with Gasteiger partial charge in [0.25, 0.3) is 11.6 Å². The molecule has 1 rings (SSSR count). The Morgan fingerprint density at radius 1 is 1.59 bits per heavy atom. The summed E-state index contributed by atoms with van der Waals surface area (Å²) < 4.78 is 38.9. The Morgan fingerprint density at radius 2 is 2.18 bits per heavy atom. The Balaban J connectivity index is 3.28. The van der Waals surface area contributed by atoms with Gasteiger partial charge in [0.05, 0.1) is 16.4 Å². The van der Waals surface area contributed by atoms with Gasteiger partial charge in [-0.2, -0.15) is 0 Å². The number of nitro groups is 1. The minimum atomic E-state index is -5.11. The van der Waals surface area contributed by atoms with Crippen LogP contribution < -0.4 is 4.74 Å². The first-order chi connectivity index (χ1) is 7.76. The molecule has 17 heavy (non-hydrogen) atoms. The van der Waals surface area contributed by atoms with E-state index in [2.05, 4.69) is 9.72 Å². The molecule has 6 nitrogen and oxygen atoms in total. The van der Waals surface area contributed by atoms with Crippen molar-refractivity contribution in [3.05, 3.63) is 21.9 Å². The van der Waals surface area contributed by atoms with Crippen molar-refractivity contribution >= 4 is 17.3 Å². The summed E-state index contributed by atoms with van der Waals surface area (Å²) in [4.78, 5) is 12.6. The molecular formula is C7H4ClF3N2O4. The molecule has 0 bridgehead atoms. The van der Waals surface area contributed by atoms with Crippen LogP contribution in [0.3, 0.4) is 0 Å². The summed E-state index contributed by atoms with van der Waals surface area (Å²) in [6, 6.07) is 0. The average molecular weight is 273 g/mol. The van der Waals surface area contributed by atoms with Gasteiger partial charge in [-0.15, -0.1) is 24.8 Å². The molecule has 0 aromatic carbocycles. The molecule has 1 aromatic heterocycles. The van der Waals surface area contributed by atoms with Crippen molar-refractivity contribution in [2.24, 2.45) is 0 Å². The van der Waals surface area contributed by atoms with E-state index in [9.17, 15) is 28.4 Å². The van der Waals surface area contributed by atoms with Gasteiger partial charge in [0.1, 0.15) is 0 Å². The summed E-state index contributed by atoms with van der Waals surface area (Å²) in [5, 5.41) is 19.8. The molecule has 0 saturated carbocycles. The van der Waals surface area contributed by atoms with E-state index >= 15 is 0 Å². The molecule has 0 saturated heterocycles. The lowest BCUT2D eigenvalue weighted by atomic mass is 10.2. The topological polar surface area (TPSA) is 85.5 Å². The van der Waals surface area contributed by atoms with Crippen LogP contribution in [0.2, 0.25) is 0 Å². The van der Waals surface area contributed by atoms with E-state index in [0.717, 1.165) is 6.20 Å². The third kappa shape index (κ3) is 3.09. The molecule has 0 radical (unpaired) electrons. The van der Waals surface area contributed by atoms with Crippen molar-refractivity contribution in [1.29, 1.82) is 0 Å². The summed E-state index contributed by atoms with van der Waals surface area (Å²) >= 11 is 5.31. The summed E-state index contributed by atoms with van der Waals surface area (Å²) in [7, 11) is 0. The second-order valence-corrected chi connectivity index (χ2v) is 2.99. The van der Waals surface area contributed by atoms with Crippen LogP contribution in [0, 0.1) is 10.1 Å². The molecule has 1 N–H and O–H groups in total. The number of aromatic hydroxyl groups is 1. The van der Waals surface area contributed by atoms with E-state index in [0.29, 0.717) is 0 Å². The number of alkyl halides is 4. The molecule has 0 unspecified atom stereocenters. The zero-order valence-corrected chi connectivity index (χ0v) is 8.62. The Hall–Kier alpha value is -1.77. The minimum Gasteiger partial charge on any atom is -0.498 e. The van der Waals surface area contributed by atoms with Crippen molar-refractivity contribution in [2.45, 2.75) is 12.2 Å². The third-order valence-electron chi connectivity index (χ3n) is 1.61. The van der Waals surface area contributed by atoms with Gasteiger partial charge in [-0.3, -0.25) is 10.1 Å². The Kier molecular flexibility index (Phi) is 3.61. The summed E-state index contributed by atoms with van der Waals surface area (Å²) in [5.41, 5.74) is -1.18. The fraction of sp³-hybridized carbons (Fsp3) is 0.286. The number of rotatable bonds is 3. The van der Waals surface area contributed by atoms with E-state index in [-0.39, 0.29) is 11.4 Å². The fourth-order valence-electron chi connectivity index (χ4n) is 0.998. The summed E-state index contributed by atoms with van der Waals surface area (Å²) in [6.07, 6.45) is -4.38. The van der Waals surface area contributed by atoms with Crippen molar-refractivity contribution in [1.82, 2.24) is 4.98 Å². The molecule has 1 aromatic rings. The number of ether oxygens (including phenoxy) is 1. The first-order valence-corrected chi connectivity index (χ1v) is 4.46. The van der Waals surface area contributed by atoms with E-state index in [1.165, 1.54) is 0 Å². The predicted octanol–water partition coefficient (Wildman–Crippen LogP) is 2.33. The predicted molar refractivity (Wildman–Crippen MR) is 48.8 cm³/mol. The number of aromatic nitrogens is 1. The van der Waals surface area contributed by atoms with Crippen LogP contribution in [0.15, 0.2) is 6.20 Å². The second kappa shape index (κ2) is 4.62. The highest BCUT2D eigenvalue weighted by molar-refractivity contribution is 6.17. The molecule has 1 heterocycles. The van der Waals surface area contributed by atoms with Crippen LogP contribution in [-0.2, 0) is 5.88 Å². The summed E-state index contributed by atoms with van der Waals surface area (Å²) in [5.74, 6) is -2.99. The van der Waals surface area contributed by atoms with Crippen LogP contribution in [-0.4, -0.2) is 21.4 Å². The Labute approximate surface area is 96.7 Å². The zero-order valence-electron chi connectivity index (χ0n) is 7.86. The summed E-state index contributed by atoms with van der Waals surface area (Å²) in [6.45, 7) is 0. The van der Waals surface area contributed by atoms with E-state index in [1.54, 1.807) is 0 Å². The first kappa shape index (κ1) is 13.3. The number of hydrogen-bond acceptors (Lipinski definition) is 5. The number of halogens is 4. The van der Waals surface area contributed by atoms with Crippen molar-refractivity contribution in [3.8, 4) is 11.6 Å². The lowest BCUT2D eigenvalue weighted by Crippen LogP contribution is -2.18. The highest BCUT2D eigenvalue weighted by atomic mass is 35.5. The monoisotopic (exact) mass is 272 g/mol. The molecule has 0 spiro atoms.